The summed E-state index contributed by atoms with van der Waals surface area (Å²) in [4.78, 5) is 20.2. The highest BCUT2D eigenvalue weighted by atomic mass is 19.4. The Kier molecular flexibility index (Phi) is 15.1. The maximum Gasteiger partial charge on any atom is 0.433 e. The van der Waals surface area contributed by atoms with Crippen molar-refractivity contribution < 1.29 is 32.5 Å². The van der Waals surface area contributed by atoms with Crippen molar-refractivity contribution in [1.82, 2.24) is 29.5 Å². The van der Waals surface area contributed by atoms with Gasteiger partial charge in [-0.25, -0.2) is 15.0 Å². The number of aryl methyl sites for hydroxylation is 3. The summed E-state index contributed by atoms with van der Waals surface area (Å²) >= 11 is 0. The Morgan fingerprint density at radius 3 is 2.45 bits per heavy atom. The van der Waals surface area contributed by atoms with Gasteiger partial charge in [-0.05, 0) is 121 Å². The van der Waals surface area contributed by atoms with Crippen LogP contribution in [0.4, 0.5) is 24.8 Å². The fourth-order valence-electron chi connectivity index (χ4n) is 7.51. The number of aliphatic hydroxyl groups excluding tert-OH is 1. The number of pyridine rings is 3. The molecule has 0 unspecified atom stereocenters. The Hall–Kier alpha value is -4.90. The SMILES string of the molecule is CCc1cnn2c(NCc3ccc(OCC(C)(C)OCC(C)(C)OCCCc4cc(-c5cnc([C@H](C)N)cc5C)cc(C(F)(F)F)n4)nc3)cc(N3CCCC[C@H]3CCO)nc12. The van der Waals surface area contributed by atoms with E-state index in [1.165, 1.54) is 0 Å². The summed E-state index contributed by atoms with van der Waals surface area (Å²) in [6.07, 6.45) is 6.20. The highest BCUT2D eigenvalue weighted by Crippen LogP contribution is 2.34. The molecule has 0 saturated carbocycles. The highest BCUT2D eigenvalue weighted by molar-refractivity contribution is 5.67. The maximum absolute atomic E-state index is 13.9. The molecule has 0 aliphatic carbocycles. The van der Waals surface area contributed by atoms with Crippen molar-refractivity contribution in [1.29, 1.82) is 0 Å². The van der Waals surface area contributed by atoms with Gasteiger partial charge in [0.25, 0.3) is 0 Å². The monoisotopic (exact) mass is 861 g/mol. The van der Waals surface area contributed by atoms with Gasteiger partial charge < -0.3 is 35.3 Å². The summed E-state index contributed by atoms with van der Waals surface area (Å²) < 4.78 is 61.9. The average molecular weight is 862 g/mol. The lowest BCUT2D eigenvalue weighted by molar-refractivity contribution is -0.141. The number of alkyl halides is 3. The van der Waals surface area contributed by atoms with Crippen LogP contribution >= 0.6 is 0 Å². The van der Waals surface area contributed by atoms with Crippen molar-refractivity contribution in [2.75, 3.05) is 43.2 Å². The molecule has 0 spiro atoms. The van der Waals surface area contributed by atoms with E-state index in [0.717, 1.165) is 72.3 Å². The predicted molar refractivity (Wildman–Crippen MR) is 234 cm³/mol. The van der Waals surface area contributed by atoms with Crippen LogP contribution in [0.25, 0.3) is 16.8 Å². The van der Waals surface area contributed by atoms with Crippen LogP contribution in [0.2, 0.25) is 0 Å². The second kappa shape index (κ2) is 20.1. The van der Waals surface area contributed by atoms with Gasteiger partial charge >= 0.3 is 6.18 Å². The Labute approximate surface area is 362 Å². The minimum absolute atomic E-state index is 0.150. The van der Waals surface area contributed by atoms with E-state index in [0.29, 0.717) is 60.8 Å². The topological polar surface area (TPSA) is 158 Å². The minimum atomic E-state index is -4.60. The summed E-state index contributed by atoms with van der Waals surface area (Å²) in [6, 6.07) is 10.4. The Morgan fingerprint density at radius 1 is 0.968 bits per heavy atom. The van der Waals surface area contributed by atoms with E-state index >= 15 is 0 Å². The van der Waals surface area contributed by atoms with Gasteiger partial charge in [-0.3, -0.25) is 4.98 Å². The van der Waals surface area contributed by atoms with Crippen LogP contribution in [0, 0.1) is 6.92 Å². The molecule has 0 aromatic carbocycles. The number of nitrogens with two attached hydrogens (primary N) is 1. The molecule has 1 aliphatic rings. The zero-order valence-electron chi connectivity index (χ0n) is 37.1. The third-order valence-corrected chi connectivity index (χ3v) is 11.1. The Balaban J connectivity index is 0.984. The number of nitrogens with zero attached hydrogens (tertiary/aromatic N) is 7. The number of aliphatic hydroxyl groups is 1. The third-order valence-electron chi connectivity index (χ3n) is 11.1. The lowest BCUT2D eigenvalue weighted by atomic mass is 9.99. The van der Waals surface area contributed by atoms with Crippen LogP contribution in [-0.4, -0.2) is 84.9 Å². The number of halogens is 3. The van der Waals surface area contributed by atoms with Crippen LogP contribution in [0.15, 0.2) is 55.0 Å². The summed E-state index contributed by atoms with van der Waals surface area (Å²) in [6.45, 7) is 15.8. The summed E-state index contributed by atoms with van der Waals surface area (Å²) in [7, 11) is 0. The van der Waals surface area contributed by atoms with E-state index in [2.05, 4.69) is 37.2 Å². The van der Waals surface area contributed by atoms with Crippen LogP contribution in [-0.2, 0) is 35.0 Å². The molecule has 1 aliphatic heterocycles. The number of aromatic nitrogens is 6. The Bertz CT molecular complexity index is 2240. The van der Waals surface area contributed by atoms with E-state index in [9.17, 15) is 18.3 Å². The first kappa shape index (κ1) is 46.6. The highest BCUT2D eigenvalue weighted by Gasteiger charge is 2.34. The molecule has 1 fully saturated rings. The van der Waals surface area contributed by atoms with Crippen LogP contribution in [0.5, 0.6) is 5.88 Å². The van der Waals surface area contributed by atoms with E-state index < -0.39 is 23.1 Å². The van der Waals surface area contributed by atoms with Gasteiger partial charge in [0, 0.05) is 79.7 Å². The molecule has 0 amide bonds. The molecule has 13 nitrogen and oxygen atoms in total. The first-order valence-electron chi connectivity index (χ1n) is 21.6. The normalized spacial score (nSPS) is 15.6. The van der Waals surface area contributed by atoms with Crippen molar-refractivity contribution >= 4 is 17.3 Å². The average Bonchev–Trinajstić information content (AvgIpc) is 3.66. The van der Waals surface area contributed by atoms with E-state index in [1.54, 1.807) is 24.5 Å². The standard InChI is InChI=1S/C46H62F3N9O4/c1-8-33-26-54-58-40(23-41(56-43(33)58)57-17-10-9-13-36(57)16-18-59)52-24-32-14-15-42(53-25-32)60-28-44(4,5)62-29-45(6,7)61-19-11-12-35-21-34(22-39(55-35)46(47,48)49)37-27-51-38(31(3)50)20-30(37)2/h14-15,20-23,25-27,31,36,52,59H,8-13,16-19,24,28-29,50H2,1-7H3/t31-,36-/m0/s1. The largest absolute Gasteiger partial charge is 0.475 e. The molecule has 6 rings (SSSR count). The molecule has 1 saturated heterocycles. The van der Waals surface area contributed by atoms with Gasteiger partial charge in [0.05, 0.1) is 29.7 Å². The first-order chi connectivity index (χ1) is 29.4. The fraction of sp³-hybridized carbons (Fsp3) is 0.543. The van der Waals surface area contributed by atoms with Crippen molar-refractivity contribution in [3.8, 4) is 17.0 Å². The first-order valence-corrected chi connectivity index (χ1v) is 21.6. The molecule has 336 valence electrons. The second-order valence-electron chi connectivity index (χ2n) is 17.5. The summed E-state index contributed by atoms with van der Waals surface area (Å²) in [5, 5.41) is 17.9. The molecular formula is C46H62F3N9O4. The van der Waals surface area contributed by atoms with Crippen LogP contribution < -0.4 is 20.7 Å². The van der Waals surface area contributed by atoms with E-state index in [4.69, 9.17) is 24.9 Å². The van der Waals surface area contributed by atoms with Gasteiger partial charge in [-0.1, -0.05) is 13.0 Å². The number of piperidine rings is 1. The lowest BCUT2D eigenvalue weighted by Gasteiger charge is -2.36. The van der Waals surface area contributed by atoms with Crippen molar-refractivity contribution in [3.63, 3.8) is 0 Å². The molecule has 0 radical (unpaired) electrons. The maximum atomic E-state index is 13.9. The zero-order chi connectivity index (χ0) is 44.7. The molecule has 5 aromatic rings. The number of hydrogen-bond donors (Lipinski definition) is 3. The smallest absolute Gasteiger partial charge is 0.433 e. The van der Waals surface area contributed by atoms with Crippen molar-refractivity contribution in [2.24, 2.45) is 5.73 Å². The van der Waals surface area contributed by atoms with E-state index in [1.807, 2.05) is 70.5 Å². The predicted octanol–water partition coefficient (Wildman–Crippen LogP) is 8.45. The molecular weight excluding hydrogens is 800 g/mol. The summed E-state index contributed by atoms with van der Waals surface area (Å²) in [5.41, 5.74) is 9.32. The minimum Gasteiger partial charge on any atom is -0.475 e. The number of nitrogens with one attached hydrogen (secondary N) is 1. The van der Waals surface area contributed by atoms with Crippen LogP contribution in [0.1, 0.15) is 113 Å². The molecule has 0 bridgehead atoms. The number of anilines is 2. The molecule has 16 heteroatoms. The molecule has 6 heterocycles. The van der Waals surface area contributed by atoms with E-state index in [-0.39, 0.29) is 31.9 Å². The third kappa shape index (κ3) is 12.2. The molecule has 62 heavy (non-hydrogen) atoms. The van der Waals surface area contributed by atoms with Gasteiger partial charge in [0.15, 0.2) is 5.65 Å². The number of fused-ring (bicyclic) bond motifs is 1. The zero-order valence-corrected chi connectivity index (χ0v) is 37.1. The lowest BCUT2D eigenvalue weighted by Crippen LogP contribution is -2.40. The van der Waals surface area contributed by atoms with Gasteiger partial charge in [-0.2, -0.15) is 22.8 Å². The van der Waals surface area contributed by atoms with Gasteiger partial charge in [0.1, 0.15) is 23.9 Å². The molecule has 5 aromatic heterocycles. The number of hydrogen-bond acceptors (Lipinski definition) is 12. The Morgan fingerprint density at radius 2 is 1.76 bits per heavy atom. The van der Waals surface area contributed by atoms with Gasteiger partial charge in [0.2, 0.25) is 5.88 Å². The quantitative estimate of drug-likeness (QED) is 0.0643. The van der Waals surface area contributed by atoms with Crippen molar-refractivity contribution in [3.05, 3.63) is 88.8 Å². The number of ether oxygens (including phenoxy) is 3. The van der Waals surface area contributed by atoms with Crippen LogP contribution in [0.3, 0.4) is 0 Å². The number of rotatable bonds is 20. The molecule has 2 atom stereocenters. The van der Waals surface area contributed by atoms with Crippen molar-refractivity contribution in [2.45, 2.75) is 129 Å². The molecule has 4 N–H and O–H groups in total. The van der Waals surface area contributed by atoms with Gasteiger partial charge in [-0.15, -0.1) is 0 Å². The fourth-order valence-corrected chi connectivity index (χ4v) is 7.51. The summed E-state index contributed by atoms with van der Waals surface area (Å²) in [5.74, 6) is 2.19. The second-order valence-corrected chi connectivity index (χ2v) is 17.5.